The average Bonchev–Trinajstić information content (AvgIpc) is 2.38. The first-order valence-electron chi connectivity index (χ1n) is 5.04. The second-order valence-corrected chi connectivity index (χ2v) is 3.49. The van der Waals surface area contributed by atoms with Gasteiger partial charge < -0.3 is 10.8 Å². The van der Waals surface area contributed by atoms with Gasteiger partial charge in [0, 0.05) is 6.20 Å². The van der Waals surface area contributed by atoms with E-state index in [0.29, 0.717) is 17.2 Å². The third-order valence-corrected chi connectivity index (χ3v) is 2.29. The van der Waals surface area contributed by atoms with Crippen LogP contribution in [0.25, 0.3) is 0 Å². The third kappa shape index (κ3) is 2.20. The largest absolute Gasteiger partial charge is 0.477 e. The Bertz CT molecular complexity index is 570. The number of rotatable bonds is 3. The van der Waals surface area contributed by atoms with E-state index in [1.165, 1.54) is 23.3 Å². The third-order valence-electron chi connectivity index (χ3n) is 2.29. The summed E-state index contributed by atoms with van der Waals surface area (Å²) in [4.78, 5) is 18.5. The van der Waals surface area contributed by atoms with Crippen LogP contribution >= 0.6 is 0 Å². The van der Waals surface area contributed by atoms with E-state index >= 15 is 0 Å². The Hall–Kier alpha value is -2.67. The molecule has 0 spiro atoms. The van der Waals surface area contributed by atoms with Crippen LogP contribution in [0.3, 0.4) is 0 Å². The van der Waals surface area contributed by atoms with Gasteiger partial charge in [0.2, 0.25) is 0 Å². The lowest BCUT2D eigenvalue weighted by molar-refractivity contribution is 0.0690. The molecule has 0 aliphatic heterocycles. The number of nitrogen functional groups attached to an aromatic ring is 1. The zero-order valence-corrected chi connectivity index (χ0v) is 9.32. The molecule has 0 saturated carbocycles. The summed E-state index contributed by atoms with van der Waals surface area (Å²) in [5.41, 5.74) is 6.59. The fourth-order valence-electron chi connectivity index (χ4n) is 1.39. The van der Waals surface area contributed by atoms with Crippen molar-refractivity contribution in [3.05, 3.63) is 42.4 Å². The number of hydrazine groups is 1. The zero-order chi connectivity index (χ0) is 13.1. The van der Waals surface area contributed by atoms with Gasteiger partial charge in [-0.15, -0.1) is 0 Å². The summed E-state index contributed by atoms with van der Waals surface area (Å²) in [6.45, 7) is 0. The van der Waals surface area contributed by atoms with E-state index in [1.54, 1.807) is 18.3 Å². The van der Waals surface area contributed by atoms with Crippen LogP contribution in [0, 0.1) is 0 Å². The van der Waals surface area contributed by atoms with E-state index in [9.17, 15) is 4.79 Å². The molecule has 18 heavy (non-hydrogen) atoms. The summed E-state index contributed by atoms with van der Waals surface area (Å²) < 4.78 is 0. The summed E-state index contributed by atoms with van der Waals surface area (Å²) in [6, 6.07) is 6.25. The number of carboxylic acids is 1. The first-order chi connectivity index (χ1) is 8.59. The van der Waals surface area contributed by atoms with Gasteiger partial charge in [-0.2, -0.15) is 0 Å². The number of anilines is 3. The molecule has 2 heterocycles. The number of aromatic nitrogens is 2. The first kappa shape index (κ1) is 11.8. The normalized spacial score (nSPS) is 10.1. The van der Waals surface area contributed by atoms with Gasteiger partial charge in [-0.05, 0) is 24.3 Å². The summed E-state index contributed by atoms with van der Waals surface area (Å²) in [5.74, 6) is 5.13. The van der Waals surface area contributed by atoms with Crippen LogP contribution in [-0.2, 0) is 0 Å². The minimum absolute atomic E-state index is 0.0545. The highest BCUT2D eigenvalue weighted by molar-refractivity contribution is 5.85. The monoisotopic (exact) mass is 245 g/mol. The smallest absolute Gasteiger partial charge is 0.354 e. The minimum Gasteiger partial charge on any atom is -0.477 e. The molecule has 0 aliphatic carbocycles. The number of nitrogens with zero attached hydrogens (tertiary/aromatic N) is 3. The van der Waals surface area contributed by atoms with Crippen molar-refractivity contribution in [1.82, 2.24) is 9.97 Å². The predicted molar refractivity (Wildman–Crippen MR) is 66.2 cm³/mol. The molecule has 0 atom stereocenters. The molecule has 2 rings (SSSR count). The van der Waals surface area contributed by atoms with Crippen LogP contribution < -0.4 is 16.6 Å². The number of aromatic carboxylic acids is 1. The first-order valence-corrected chi connectivity index (χ1v) is 5.04. The van der Waals surface area contributed by atoms with Gasteiger partial charge in [0.15, 0.2) is 5.82 Å². The van der Waals surface area contributed by atoms with Gasteiger partial charge in [0.25, 0.3) is 0 Å². The maximum Gasteiger partial charge on any atom is 0.354 e. The van der Waals surface area contributed by atoms with Crippen LogP contribution in [-0.4, -0.2) is 21.0 Å². The molecule has 92 valence electrons. The van der Waals surface area contributed by atoms with E-state index in [2.05, 4.69) is 9.97 Å². The molecule has 0 amide bonds. The summed E-state index contributed by atoms with van der Waals surface area (Å²) in [7, 11) is 0. The van der Waals surface area contributed by atoms with E-state index in [-0.39, 0.29) is 5.69 Å². The van der Waals surface area contributed by atoms with Gasteiger partial charge in [0.1, 0.15) is 5.69 Å². The van der Waals surface area contributed by atoms with Gasteiger partial charge in [0.05, 0.1) is 17.6 Å². The van der Waals surface area contributed by atoms with Gasteiger partial charge >= 0.3 is 5.97 Å². The Morgan fingerprint density at radius 3 is 2.61 bits per heavy atom. The fourth-order valence-corrected chi connectivity index (χ4v) is 1.39. The topological polar surface area (TPSA) is 118 Å². The highest BCUT2D eigenvalue weighted by Gasteiger charge is 2.11. The van der Waals surface area contributed by atoms with E-state index in [1.807, 2.05) is 0 Å². The maximum absolute atomic E-state index is 10.7. The Balaban J connectivity index is 2.32. The van der Waals surface area contributed by atoms with Gasteiger partial charge in [-0.3, -0.25) is 5.01 Å². The minimum atomic E-state index is -1.09. The lowest BCUT2D eigenvalue weighted by Crippen LogP contribution is -2.27. The second kappa shape index (κ2) is 4.68. The quantitative estimate of drug-likeness (QED) is 0.539. The number of carboxylic acid groups (broad SMARTS) is 1. The van der Waals surface area contributed by atoms with Gasteiger partial charge in [-0.25, -0.2) is 20.6 Å². The number of hydrogen-bond donors (Lipinski definition) is 3. The lowest BCUT2D eigenvalue weighted by Gasteiger charge is -2.18. The number of hydrogen-bond acceptors (Lipinski definition) is 6. The van der Waals surface area contributed by atoms with Crippen LogP contribution in [0.5, 0.6) is 0 Å². The van der Waals surface area contributed by atoms with E-state index in [0.717, 1.165) is 0 Å². The van der Waals surface area contributed by atoms with Crippen LogP contribution in [0.15, 0.2) is 36.7 Å². The zero-order valence-electron chi connectivity index (χ0n) is 9.32. The van der Waals surface area contributed by atoms with Crippen LogP contribution in [0.4, 0.5) is 17.2 Å². The Morgan fingerprint density at radius 1 is 1.28 bits per heavy atom. The van der Waals surface area contributed by atoms with E-state index < -0.39 is 5.97 Å². The molecule has 2 aromatic heterocycles. The Morgan fingerprint density at radius 2 is 2.06 bits per heavy atom. The molecule has 0 radical (unpaired) electrons. The number of nitrogens with two attached hydrogens (primary N) is 2. The maximum atomic E-state index is 10.7. The van der Waals surface area contributed by atoms with Crippen molar-refractivity contribution in [1.29, 1.82) is 0 Å². The van der Waals surface area contributed by atoms with Crippen molar-refractivity contribution in [2.45, 2.75) is 0 Å². The molecule has 0 aromatic carbocycles. The molecule has 0 bridgehead atoms. The van der Waals surface area contributed by atoms with Crippen molar-refractivity contribution in [3.63, 3.8) is 0 Å². The average molecular weight is 245 g/mol. The van der Waals surface area contributed by atoms with Crippen molar-refractivity contribution in [2.75, 3.05) is 10.7 Å². The second-order valence-electron chi connectivity index (χ2n) is 3.49. The lowest BCUT2D eigenvalue weighted by atomic mass is 10.3. The highest BCUT2D eigenvalue weighted by Crippen LogP contribution is 2.23. The van der Waals surface area contributed by atoms with E-state index in [4.69, 9.17) is 16.7 Å². The Kier molecular flexibility index (Phi) is 3.07. The standard InChI is InChI=1S/C11H11N5O2/c12-8-2-1-5-14-10(8)16(13)7-3-4-9(11(17)18)15-6-7/h1-6H,12-13H2,(H,17,18). The number of pyridine rings is 2. The molecule has 5 N–H and O–H groups in total. The predicted octanol–water partition coefficient (Wildman–Crippen LogP) is 0.769. The number of carbonyl (C=O) groups is 1. The summed E-state index contributed by atoms with van der Waals surface area (Å²) in [5, 5.41) is 9.98. The summed E-state index contributed by atoms with van der Waals surface area (Å²) >= 11 is 0. The van der Waals surface area contributed by atoms with Crippen molar-refractivity contribution < 1.29 is 9.90 Å². The van der Waals surface area contributed by atoms with Gasteiger partial charge in [-0.1, -0.05) is 0 Å². The van der Waals surface area contributed by atoms with Crippen LogP contribution in [0.1, 0.15) is 10.5 Å². The van der Waals surface area contributed by atoms with Crippen LogP contribution in [0.2, 0.25) is 0 Å². The van der Waals surface area contributed by atoms with Crippen molar-refractivity contribution in [3.8, 4) is 0 Å². The summed E-state index contributed by atoms with van der Waals surface area (Å²) in [6.07, 6.45) is 2.90. The SMILES string of the molecule is Nc1cccnc1N(N)c1ccc(C(=O)O)nc1. The molecule has 0 saturated heterocycles. The van der Waals surface area contributed by atoms with Crippen molar-refractivity contribution >= 4 is 23.2 Å². The molecular weight excluding hydrogens is 234 g/mol. The van der Waals surface area contributed by atoms with Crippen molar-refractivity contribution in [2.24, 2.45) is 5.84 Å². The fraction of sp³-hybridized carbons (Fsp3) is 0. The molecule has 7 heteroatoms. The highest BCUT2D eigenvalue weighted by atomic mass is 16.4. The molecular formula is C11H11N5O2. The Labute approximate surface area is 103 Å². The molecule has 0 fully saturated rings. The molecule has 2 aromatic rings. The molecule has 0 unspecified atom stereocenters. The molecule has 0 aliphatic rings. The molecule has 7 nitrogen and oxygen atoms in total.